The second-order valence-corrected chi connectivity index (χ2v) is 7.35. The molecule has 0 bridgehead atoms. The van der Waals surface area contributed by atoms with Gasteiger partial charge < -0.3 is 10.2 Å². The second kappa shape index (κ2) is 5.78. The monoisotopic (exact) mass is 321 g/mol. The van der Waals surface area contributed by atoms with Crippen molar-refractivity contribution in [3.05, 3.63) is 16.8 Å². The number of nitrogens with zero attached hydrogens (tertiary/aromatic N) is 3. The first kappa shape index (κ1) is 9.83. The predicted octanol–water partition coefficient (Wildman–Crippen LogP) is 3.46. The van der Waals surface area contributed by atoms with Crippen LogP contribution in [0.15, 0.2) is 6.33 Å². The van der Waals surface area contributed by atoms with Gasteiger partial charge in [-0.25, -0.2) is 9.97 Å². The summed E-state index contributed by atoms with van der Waals surface area (Å²) in [7, 11) is 1.68. The molecule has 2 heterocycles. The number of anilines is 1. The zero-order valence-electron chi connectivity index (χ0n) is 17.7. The van der Waals surface area contributed by atoms with E-state index < -0.39 is 13.3 Å². The molecule has 0 atom stereocenters. The number of hydrogen-bond donors (Lipinski definition) is 1. The van der Waals surface area contributed by atoms with Gasteiger partial charge in [0, 0.05) is 23.8 Å². The van der Waals surface area contributed by atoms with Crippen molar-refractivity contribution in [3.8, 4) is 0 Å². The van der Waals surface area contributed by atoms with Gasteiger partial charge in [0.1, 0.15) is 17.0 Å². The number of aryl methyl sites for hydroxylation is 2. The molecular formula is C17H24N4S. The molecule has 0 aliphatic heterocycles. The molecule has 2 aliphatic rings. The van der Waals surface area contributed by atoms with Crippen LogP contribution in [0.2, 0.25) is 0 Å². The van der Waals surface area contributed by atoms with E-state index in [0.717, 1.165) is 52.2 Å². The minimum absolute atomic E-state index is 0.0820. The van der Waals surface area contributed by atoms with E-state index >= 15 is 0 Å². The van der Waals surface area contributed by atoms with Crippen LogP contribution in [-0.2, 0) is 12.8 Å². The molecule has 2 aliphatic carbocycles. The molecule has 118 valence electrons. The van der Waals surface area contributed by atoms with Crippen molar-refractivity contribution >= 4 is 27.4 Å². The van der Waals surface area contributed by atoms with E-state index in [1.807, 2.05) is 0 Å². The van der Waals surface area contributed by atoms with Gasteiger partial charge in [-0.15, -0.1) is 11.3 Å². The summed E-state index contributed by atoms with van der Waals surface area (Å²) >= 11 is 1.57. The Balaban J connectivity index is 1.49. The lowest BCUT2D eigenvalue weighted by Crippen LogP contribution is -2.36. The van der Waals surface area contributed by atoms with Crippen LogP contribution in [0.1, 0.15) is 49.4 Å². The van der Waals surface area contributed by atoms with Crippen molar-refractivity contribution < 1.29 is 6.85 Å². The van der Waals surface area contributed by atoms with Crippen molar-refractivity contribution in [3.63, 3.8) is 0 Å². The minimum Gasteiger partial charge on any atom is -0.367 e. The summed E-state index contributed by atoms with van der Waals surface area (Å²) < 4.78 is 38.9. The first-order valence-electron chi connectivity index (χ1n) is 10.4. The Kier molecular flexibility index (Phi) is 2.58. The predicted molar refractivity (Wildman–Crippen MR) is 92.8 cm³/mol. The largest absolute Gasteiger partial charge is 0.367 e. The summed E-state index contributed by atoms with van der Waals surface area (Å²) in [5, 5.41) is 4.51. The summed E-state index contributed by atoms with van der Waals surface area (Å²) in [6, 6.07) is 0.330. The van der Waals surface area contributed by atoms with Crippen molar-refractivity contribution in [2.45, 2.75) is 57.0 Å². The number of aromatic nitrogens is 2. The highest BCUT2D eigenvalue weighted by Gasteiger charge is 2.25. The van der Waals surface area contributed by atoms with Crippen LogP contribution in [0.3, 0.4) is 0 Å². The van der Waals surface area contributed by atoms with Crippen LogP contribution in [0, 0.1) is 0 Å². The normalized spacial score (nSPS) is 31.1. The Labute approximate surface area is 143 Å². The smallest absolute Gasteiger partial charge is 0.138 e. The maximum absolute atomic E-state index is 8.06. The zero-order valence-corrected chi connectivity index (χ0v) is 13.5. The van der Waals surface area contributed by atoms with Gasteiger partial charge in [-0.1, -0.05) is 0 Å². The van der Waals surface area contributed by atoms with Gasteiger partial charge in [0.15, 0.2) is 0 Å². The fourth-order valence-electron chi connectivity index (χ4n) is 3.58. The fraction of sp³-hybridized carbons (Fsp3) is 0.647. The third-order valence-corrected chi connectivity index (χ3v) is 5.98. The van der Waals surface area contributed by atoms with E-state index in [4.69, 9.17) is 6.85 Å². The molecule has 2 aromatic rings. The molecule has 0 radical (unpaired) electrons. The van der Waals surface area contributed by atoms with Gasteiger partial charge in [-0.3, -0.25) is 0 Å². The van der Waals surface area contributed by atoms with Gasteiger partial charge in [-0.05, 0) is 64.5 Å². The molecule has 0 aromatic carbocycles. The lowest BCUT2D eigenvalue weighted by Gasteiger charge is -2.33. The number of nitrogens with one attached hydrogen (secondary N) is 1. The van der Waals surface area contributed by atoms with Gasteiger partial charge >= 0.3 is 0 Å². The lowest BCUT2D eigenvalue weighted by molar-refractivity contribution is 0.221. The highest BCUT2D eigenvalue weighted by Crippen LogP contribution is 2.39. The van der Waals surface area contributed by atoms with E-state index in [1.165, 1.54) is 4.90 Å². The molecular weight excluding hydrogens is 292 g/mol. The molecule has 0 saturated heterocycles. The molecule has 0 unspecified atom stereocenters. The minimum atomic E-state index is -2.04. The molecule has 1 fully saturated rings. The van der Waals surface area contributed by atoms with Crippen LogP contribution in [-0.4, -0.2) is 41.0 Å². The van der Waals surface area contributed by atoms with Crippen molar-refractivity contribution in [1.29, 1.82) is 0 Å². The van der Waals surface area contributed by atoms with Crippen LogP contribution in [0.4, 0.5) is 5.82 Å². The lowest BCUT2D eigenvalue weighted by atomic mass is 9.90. The summed E-state index contributed by atoms with van der Waals surface area (Å²) in [6.07, 6.45) is 4.72. The molecule has 1 N–H and O–H groups in total. The van der Waals surface area contributed by atoms with Crippen LogP contribution in [0.25, 0.3) is 10.2 Å². The van der Waals surface area contributed by atoms with E-state index in [0.29, 0.717) is 12.8 Å². The maximum Gasteiger partial charge on any atom is 0.138 e. The molecule has 2 aromatic heterocycles. The molecule has 0 spiro atoms. The zero-order chi connectivity index (χ0) is 19.4. The average Bonchev–Trinajstić information content (AvgIpc) is 3.06. The number of hydrogen-bond acceptors (Lipinski definition) is 5. The van der Waals surface area contributed by atoms with E-state index in [-0.39, 0.29) is 12.1 Å². The molecule has 0 amide bonds. The van der Waals surface area contributed by atoms with E-state index in [2.05, 4.69) is 15.3 Å². The second-order valence-electron chi connectivity index (χ2n) is 6.27. The standard InChI is InChI=1S/C17H24N4S/c1-21(2)12-8-6-11(7-9-12)20-16-15-13-4-3-5-14(13)22-17(15)19-10-18-16/h10-12H,3-9H2,1-2H3,(H,18,19,20)/t11-,12-/i1D3,3D2. The fourth-order valence-corrected chi connectivity index (χ4v) is 4.70. The van der Waals surface area contributed by atoms with E-state index in [9.17, 15) is 0 Å². The summed E-state index contributed by atoms with van der Waals surface area (Å²) in [5.41, 5.74) is 1.05. The Bertz CT molecular complexity index is 842. The van der Waals surface area contributed by atoms with Crippen molar-refractivity contribution in [1.82, 2.24) is 14.9 Å². The SMILES string of the molecule is [2H]C1([2H])Cc2sc3ncnc(N[C@H]4CC[C@H](N(C)C([2H])([2H])[2H])CC4)c3c2C1. The first-order chi connectivity index (χ1) is 12.6. The third-order valence-electron chi connectivity index (χ3n) is 4.84. The maximum atomic E-state index is 8.06. The van der Waals surface area contributed by atoms with Gasteiger partial charge in [-0.2, -0.15) is 0 Å². The van der Waals surface area contributed by atoms with Crippen LogP contribution >= 0.6 is 11.3 Å². The van der Waals surface area contributed by atoms with Gasteiger partial charge in [0.25, 0.3) is 0 Å². The van der Waals surface area contributed by atoms with Crippen molar-refractivity contribution in [2.75, 3.05) is 19.3 Å². The summed E-state index contributed by atoms with van der Waals surface area (Å²) in [6.45, 7) is -2.04. The Morgan fingerprint density at radius 1 is 1.32 bits per heavy atom. The highest BCUT2D eigenvalue weighted by atomic mass is 32.1. The third kappa shape index (κ3) is 2.50. The van der Waals surface area contributed by atoms with Gasteiger partial charge in [0.2, 0.25) is 0 Å². The quantitative estimate of drug-likeness (QED) is 0.940. The molecule has 5 heteroatoms. The number of fused-ring (bicyclic) bond motifs is 3. The van der Waals surface area contributed by atoms with E-state index in [1.54, 1.807) is 24.7 Å². The molecule has 22 heavy (non-hydrogen) atoms. The van der Waals surface area contributed by atoms with Crippen molar-refractivity contribution in [2.24, 2.45) is 0 Å². The van der Waals surface area contributed by atoms with Gasteiger partial charge in [0.05, 0.1) is 5.39 Å². The summed E-state index contributed by atoms with van der Waals surface area (Å²) in [5.74, 6) is 0.794. The Morgan fingerprint density at radius 2 is 2.18 bits per heavy atom. The number of rotatable bonds is 3. The van der Waals surface area contributed by atoms with Crippen LogP contribution in [0.5, 0.6) is 0 Å². The average molecular weight is 322 g/mol. The Hall–Kier alpha value is -1.20. The molecule has 1 saturated carbocycles. The summed E-state index contributed by atoms with van der Waals surface area (Å²) in [4.78, 5) is 12.4. The topological polar surface area (TPSA) is 41.1 Å². The Morgan fingerprint density at radius 3 is 3.00 bits per heavy atom. The van der Waals surface area contributed by atoms with Crippen LogP contribution < -0.4 is 5.32 Å². The molecule has 4 nitrogen and oxygen atoms in total. The number of thiophene rings is 1. The first-order valence-corrected chi connectivity index (χ1v) is 8.70. The highest BCUT2D eigenvalue weighted by molar-refractivity contribution is 7.19. The molecule has 4 rings (SSSR count).